The van der Waals surface area contributed by atoms with Gasteiger partial charge in [0.25, 0.3) is 5.91 Å². The fourth-order valence-electron chi connectivity index (χ4n) is 1.92. The lowest BCUT2D eigenvalue weighted by atomic mass is 10.0. The fraction of sp³-hybridized carbons (Fsp3) is 0.533. The minimum Gasteiger partial charge on any atom is -0.496 e. The zero-order chi connectivity index (χ0) is 17.0. The summed E-state index contributed by atoms with van der Waals surface area (Å²) >= 11 is 0. The van der Waals surface area contributed by atoms with Gasteiger partial charge in [0.1, 0.15) is 11.4 Å². The van der Waals surface area contributed by atoms with Crippen molar-refractivity contribution in [3.63, 3.8) is 0 Å². The summed E-state index contributed by atoms with van der Waals surface area (Å²) in [6.07, 6.45) is -4.17. The fourth-order valence-corrected chi connectivity index (χ4v) is 1.92. The van der Waals surface area contributed by atoms with Crippen LogP contribution in [0.3, 0.4) is 0 Å². The summed E-state index contributed by atoms with van der Waals surface area (Å²) in [5.41, 5.74) is -1.99. The van der Waals surface area contributed by atoms with Crippen molar-refractivity contribution in [1.82, 2.24) is 0 Å². The summed E-state index contributed by atoms with van der Waals surface area (Å²) in [6, 6.07) is 3.37. The first kappa shape index (κ1) is 18.3. The minimum absolute atomic E-state index is 0.0394. The Hall–Kier alpha value is -1.76. The van der Waals surface area contributed by atoms with E-state index in [1.54, 1.807) is 20.8 Å². The van der Waals surface area contributed by atoms with Gasteiger partial charge in [-0.15, -0.1) is 0 Å². The largest absolute Gasteiger partial charge is 0.496 e. The number of alkyl halides is 3. The van der Waals surface area contributed by atoms with E-state index in [0.29, 0.717) is 13.0 Å². The van der Waals surface area contributed by atoms with Crippen LogP contribution in [0.5, 0.6) is 5.75 Å². The molecule has 0 unspecified atom stereocenters. The van der Waals surface area contributed by atoms with Crippen LogP contribution in [0.2, 0.25) is 0 Å². The van der Waals surface area contributed by atoms with Crippen LogP contribution in [0.25, 0.3) is 0 Å². The summed E-state index contributed by atoms with van der Waals surface area (Å²) in [5, 5.41) is 2.46. The maximum atomic E-state index is 13.0. The number of rotatable bonds is 6. The number of carbonyl (C=O) groups is 1. The van der Waals surface area contributed by atoms with E-state index in [4.69, 9.17) is 9.47 Å². The number of nitrogens with one attached hydrogen (secondary N) is 1. The van der Waals surface area contributed by atoms with Crippen molar-refractivity contribution in [1.29, 1.82) is 0 Å². The van der Waals surface area contributed by atoms with Gasteiger partial charge in [0.2, 0.25) is 0 Å². The van der Waals surface area contributed by atoms with Gasteiger partial charge >= 0.3 is 6.18 Å². The van der Waals surface area contributed by atoms with Crippen LogP contribution < -0.4 is 10.1 Å². The van der Waals surface area contributed by atoms with Gasteiger partial charge < -0.3 is 14.8 Å². The number of hydrogen-bond donors (Lipinski definition) is 1. The summed E-state index contributed by atoms with van der Waals surface area (Å²) in [4.78, 5) is 12.2. The third kappa shape index (κ3) is 4.13. The van der Waals surface area contributed by atoms with E-state index in [1.165, 1.54) is 12.1 Å². The molecule has 124 valence electrons. The molecule has 0 fully saturated rings. The molecule has 22 heavy (non-hydrogen) atoms. The Bertz CT molecular complexity index is 531. The second-order valence-corrected chi connectivity index (χ2v) is 4.88. The minimum atomic E-state index is -4.57. The van der Waals surface area contributed by atoms with E-state index >= 15 is 0 Å². The van der Waals surface area contributed by atoms with Crippen molar-refractivity contribution in [2.75, 3.05) is 19.0 Å². The second-order valence-electron chi connectivity index (χ2n) is 4.88. The zero-order valence-electron chi connectivity index (χ0n) is 13.0. The van der Waals surface area contributed by atoms with Crippen molar-refractivity contribution in [2.24, 2.45) is 0 Å². The SMILES string of the molecule is CCO[C@](C)(CC)C(=O)Nc1ccc(OC)c(C(F)(F)F)c1. The number of hydrogen-bond acceptors (Lipinski definition) is 3. The van der Waals surface area contributed by atoms with Crippen LogP contribution >= 0.6 is 0 Å². The molecular weight excluding hydrogens is 299 g/mol. The first-order valence-electron chi connectivity index (χ1n) is 6.88. The first-order chi connectivity index (χ1) is 10.2. The van der Waals surface area contributed by atoms with Crippen LogP contribution in [0.4, 0.5) is 18.9 Å². The lowest BCUT2D eigenvalue weighted by Crippen LogP contribution is -2.42. The molecule has 1 N–H and O–H groups in total. The monoisotopic (exact) mass is 319 g/mol. The predicted octanol–water partition coefficient (Wildman–Crippen LogP) is 3.86. The standard InChI is InChI=1S/C15H20F3NO3/c1-5-14(3,22-6-2)13(20)19-10-7-8-12(21-4)11(9-10)15(16,17)18/h7-9H,5-6H2,1-4H3,(H,19,20)/t14-/m1/s1. The Morgan fingerprint density at radius 2 is 1.91 bits per heavy atom. The molecule has 7 heteroatoms. The first-order valence-corrected chi connectivity index (χ1v) is 6.88. The third-order valence-electron chi connectivity index (χ3n) is 3.38. The van der Waals surface area contributed by atoms with Crippen LogP contribution in [0.1, 0.15) is 32.8 Å². The van der Waals surface area contributed by atoms with Crippen molar-refractivity contribution >= 4 is 11.6 Å². The summed E-state index contributed by atoms with van der Waals surface area (Å²) in [6.45, 7) is 5.44. The molecule has 0 bridgehead atoms. The molecule has 4 nitrogen and oxygen atoms in total. The smallest absolute Gasteiger partial charge is 0.420 e. The molecule has 1 aromatic carbocycles. The van der Waals surface area contributed by atoms with E-state index in [0.717, 1.165) is 13.2 Å². The van der Waals surface area contributed by atoms with Crippen molar-refractivity contribution < 1.29 is 27.4 Å². The van der Waals surface area contributed by atoms with Gasteiger partial charge in [0.15, 0.2) is 0 Å². The predicted molar refractivity (Wildman–Crippen MR) is 76.9 cm³/mol. The molecule has 0 aromatic heterocycles. The molecule has 1 rings (SSSR count). The summed E-state index contributed by atoms with van der Waals surface area (Å²) < 4.78 is 49.0. The zero-order valence-corrected chi connectivity index (χ0v) is 13.0. The molecule has 0 saturated carbocycles. The Balaban J connectivity index is 3.07. The van der Waals surface area contributed by atoms with Gasteiger partial charge in [0, 0.05) is 12.3 Å². The average Bonchev–Trinajstić information content (AvgIpc) is 2.46. The Kier molecular flexibility index (Phi) is 5.82. The van der Waals surface area contributed by atoms with Crippen LogP contribution in [-0.4, -0.2) is 25.2 Å². The number of ether oxygens (including phenoxy) is 2. The van der Waals surface area contributed by atoms with Gasteiger partial charge in [-0.1, -0.05) is 6.92 Å². The Morgan fingerprint density at radius 1 is 1.27 bits per heavy atom. The molecule has 1 aromatic rings. The van der Waals surface area contributed by atoms with Gasteiger partial charge in [-0.3, -0.25) is 4.79 Å². The van der Waals surface area contributed by atoms with Gasteiger partial charge in [-0.2, -0.15) is 13.2 Å². The lowest BCUT2D eigenvalue weighted by Gasteiger charge is -2.27. The number of amides is 1. The van der Waals surface area contributed by atoms with Gasteiger partial charge in [-0.05, 0) is 38.5 Å². The van der Waals surface area contributed by atoms with Crippen molar-refractivity contribution in [3.8, 4) is 5.75 Å². The third-order valence-corrected chi connectivity index (χ3v) is 3.38. The van der Waals surface area contributed by atoms with E-state index < -0.39 is 23.2 Å². The Labute approximate surface area is 127 Å². The van der Waals surface area contributed by atoms with Crippen LogP contribution in [-0.2, 0) is 15.7 Å². The number of methoxy groups -OCH3 is 1. The number of benzene rings is 1. The molecule has 0 aliphatic carbocycles. The number of anilines is 1. The average molecular weight is 319 g/mol. The van der Waals surface area contributed by atoms with Gasteiger partial charge in [0.05, 0.1) is 12.7 Å². The Morgan fingerprint density at radius 3 is 2.36 bits per heavy atom. The highest BCUT2D eigenvalue weighted by Crippen LogP contribution is 2.37. The molecule has 0 aliphatic heterocycles. The number of carbonyl (C=O) groups excluding carboxylic acids is 1. The maximum absolute atomic E-state index is 13.0. The molecule has 1 amide bonds. The molecule has 1 atom stereocenters. The summed E-state index contributed by atoms with van der Waals surface area (Å²) in [5.74, 6) is -0.788. The van der Waals surface area contributed by atoms with E-state index in [1.807, 2.05) is 0 Å². The highest BCUT2D eigenvalue weighted by molar-refractivity contribution is 5.97. The van der Waals surface area contributed by atoms with E-state index in [2.05, 4.69) is 5.32 Å². The normalized spacial score (nSPS) is 14.3. The molecule has 0 aliphatic rings. The van der Waals surface area contributed by atoms with E-state index in [-0.39, 0.29) is 11.4 Å². The molecule has 0 heterocycles. The quantitative estimate of drug-likeness (QED) is 0.866. The summed E-state index contributed by atoms with van der Waals surface area (Å²) in [7, 11) is 1.16. The molecule has 0 radical (unpaired) electrons. The van der Waals surface area contributed by atoms with Gasteiger partial charge in [-0.25, -0.2) is 0 Å². The van der Waals surface area contributed by atoms with Crippen LogP contribution in [0.15, 0.2) is 18.2 Å². The highest BCUT2D eigenvalue weighted by Gasteiger charge is 2.36. The van der Waals surface area contributed by atoms with E-state index in [9.17, 15) is 18.0 Å². The molecular formula is C15H20F3NO3. The van der Waals surface area contributed by atoms with Crippen molar-refractivity contribution in [2.45, 2.75) is 39.0 Å². The number of halogens is 3. The second kappa shape index (κ2) is 7.00. The van der Waals surface area contributed by atoms with Crippen LogP contribution in [0, 0.1) is 0 Å². The molecule has 0 spiro atoms. The lowest BCUT2D eigenvalue weighted by molar-refractivity contribution is -0.140. The highest BCUT2D eigenvalue weighted by atomic mass is 19.4. The topological polar surface area (TPSA) is 47.6 Å². The maximum Gasteiger partial charge on any atom is 0.420 e. The van der Waals surface area contributed by atoms with Crippen molar-refractivity contribution in [3.05, 3.63) is 23.8 Å². The molecule has 0 saturated heterocycles.